The zero-order valence-electron chi connectivity index (χ0n) is 30.4. The van der Waals surface area contributed by atoms with Crippen molar-refractivity contribution < 1.29 is 19.1 Å². The van der Waals surface area contributed by atoms with Gasteiger partial charge in [-0.15, -0.1) is 0 Å². The Kier molecular flexibility index (Phi) is 10.3. The minimum absolute atomic E-state index is 0.0595. The molecule has 0 radical (unpaired) electrons. The third kappa shape index (κ3) is 7.55. The fourth-order valence-corrected chi connectivity index (χ4v) is 6.74. The zero-order valence-corrected chi connectivity index (χ0v) is 30.4. The molecule has 4 aromatic rings. The Hall–Kier alpha value is -5.37. The lowest BCUT2D eigenvalue weighted by Gasteiger charge is -2.29. The second-order valence-corrected chi connectivity index (χ2v) is 14.4. The van der Waals surface area contributed by atoms with Crippen LogP contribution in [0, 0.1) is 29.6 Å². The minimum Gasteiger partial charge on any atom is -0.453 e. The van der Waals surface area contributed by atoms with Gasteiger partial charge < -0.3 is 29.8 Å². The van der Waals surface area contributed by atoms with Crippen molar-refractivity contribution in [1.29, 1.82) is 0 Å². The van der Waals surface area contributed by atoms with Crippen molar-refractivity contribution in [2.24, 2.45) is 17.8 Å². The van der Waals surface area contributed by atoms with Gasteiger partial charge in [0, 0.05) is 30.1 Å². The number of hydrogen-bond donors (Lipinski definition) is 3. The number of nitrogens with zero attached hydrogens (tertiary/aromatic N) is 4. The van der Waals surface area contributed by atoms with Gasteiger partial charge in [0.25, 0.3) is 0 Å². The van der Waals surface area contributed by atoms with Crippen molar-refractivity contribution in [3.63, 3.8) is 0 Å². The van der Waals surface area contributed by atoms with Crippen LogP contribution < -0.4 is 5.32 Å². The number of benzene rings is 2. The Balaban J connectivity index is 1.14. The first-order chi connectivity index (χ1) is 24.4. The normalized spacial score (nSPS) is 18.5. The Labute approximate surface area is 299 Å². The van der Waals surface area contributed by atoms with Crippen molar-refractivity contribution >= 4 is 28.9 Å². The molecule has 2 aromatic heterocycles. The summed E-state index contributed by atoms with van der Waals surface area (Å²) < 4.78 is 4.75. The molecule has 1 saturated heterocycles. The highest BCUT2D eigenvalue weighted by Gasteiger charge is 2.38. The molecule has 266 valence electrons. The highest BCUT2D eigenvalue weighted by molar-refractivity contribution is 5.86. The van der Waals surface area contributed by atoms with E-state index in [0.717, 1.165) is 63.5 Å². The molecule has 6 rings (SSSR count). The van der Waals surface area contributed by atoms with Gasteiger partial charge in [0.2, 0.25) is 11.8 Å². The molecule has 11 heteroatoms. The maximum atomic E-state index is 13.5. The molecule has 2 aliphatic heterocycles. The molecule has 4 atom stereocenters. The van der Waals surface area contributed by atoms with Crippen LogP contribution in [-0.4, -0.2) is 73.9 Å². The number of aromatic amines is 2. The molecule has 0 aliphatic carbocycles. The lowest BCUT2D eigenvalue weighted by Crippen LogP contribution is -2.51. The van der Waals surface area contributed by atoms with Gasteiger partial charge in [0.05, 0.1) is 36.1 Å². The van der Waals surface area contributed by atoms with Crippen LogP contribution >= 0.6 is 0 Å². The number of carbonyl (C=O) groups is 3. The fourth-order valence-electron chi connectivity index (χ4n) is 6.74. The number of ether oxygens (including phenoxy) is 1. The molecular weight excluding hydrogens is 642 g/mol. The molecule has 1 fully saturated rings. The SMILES string of the molecule is COC(=O)N[C@H](C(=O)N1CCC[C@H]1c1nc2ccc(C#Cc3ccc(-c4cnc([C@@H]5C=C(C)CN5C(=O)[C@@H](C)C(C)C)[nH]4)cc3)cc2[nH]1)C(C)C. The maximum Gasteiger partial charge on any atom is 0.407 e. The molecule has 0 unspecified atom stereocenters. The van der Waals surface area contributed by atoms with E-state index in [1.807, 2.05) is 79.2 Å². The summed E-state index contributed by atoms with van der Waals surface area (Å²) in [5.41, 5.74) is 6.39. The quantitative estimate of drug-likeness (QED) is 0.142. The van der Waals surface area contributed by atoms with Crippen molar-refractivity contribution in [1.82, 2.24) is 35.1 Å². The van der Waals surface area contributed by atoms with E-state index in [0.29, 0.717) is 13.1 Å². The van der Waals surface area contributed by atoms with Gasteiger partial charge in [0.15, 0.2) is 0 Å². The molecule has 51 heavy (non-hydrogen) atoms. The summed E-state index contributed by atoms with van der Waals surface area (Å²) in [7, 11) is 1.29. The van der Waals surface area contributed by atoms with Crippen LogP contribution in [0.3, 0.4) is 0 Å². The van der Waals surface area contributed by atoms with Gasteiger partial charge in [-0.05, 0) is 67.5 Å². The largest absolute Gasteiger partial charge is 0.453 e. The predicted octanol–water partition coefficient (Wildman–Crippen LogP) is 6.52. The molecule has 3 amide bonds. The maximum absolute atomic E-state index is 13.5. The average molecular weight is 690 g/mol. The monoisotopic (exact) mass is 689 g/mol. The molecule has 0 spiro atoms. The Morgan fingerprint density at radius 3 is 2.35 bits per heavy atom. The van der Waals surface area contributed by atoms with Gasteiger partial charge in [-0.2, -0.15) is 0 Å². The first kappa shape index (κ1) is 35.5. The number of H-pyrrole nitrogens is 2. The number of aromatic nitrogens is 4. The zero-order chi connectivity index (χ0) is 36.4. The third-order valence-corrected chi connectivity index (χ3v) is 10.0. The first-order valence-electron chi connectivity index (χ1n) is 17.7. The second-order valence-electron chi connectivity index (χ2n) is 14.4. The molecule has 11 nitrogen and oxygen atoms in total. The van der Waals surface area contributed by atoms with E-state index in [-0.39, 0.29) is 41.7 Å². The third-order valence-electron chi connectivity index (χ3n) is 10.0. The van der Waals surface area contributed by atoms with Crippen LogP contribution in [0.2, 0.25) is 0 Å². The van der Waals surface area contributed by atoms with E-state index < -0.39 is 12.1 Å². The number of hydrogen-bond acceptors (Lipinski definition) is 6. The highest BCUT2D eigenvalue weighted by Crippen LogP contribution is 2.34. The number of amides is 3. The highest BCUT2D eigenvalue weighted by atomic mass is 16.5. The first-order valence-corrected chi connectivity index (χ1v) is 17.7. The molecule has 2 aromatic carbocycles. The number of likely N-dealkylation sites (tertiary alicyclic amines) is 1. The smallest absolute Gasteiger partial charge is 0.407 e. The van der Waals surface area contributed by atoms with Crippen LogP contribution in [0.15, 0.2) is 60.3 Å². The lowest BCUT2D eigenvalue weighted by molar-refractivity contribution is -0.137. The molecule has 0 saturated carbocycles. The number of methoxy groups -OCH3 is 1. The van der Waals surface area contributed by atoms with Crippen LogP contribution in [-0.2, 0) is 14.3 Å². The van der Waals surface area contributed by atoms with E-state index in [1.54, 1.807) is 0 Å². The van der Waals surface area contributed by atoms with Gasteiger partial charge in [-0.1, -0.05) is 70.2 Å². The number of nitrogens with one attached hydrogen (secondary N) is 3. The van der Waals surface area contributed by atoms with Gasteiger partial charge in [0.1, 0.15) is 23.7 Å². The van der Waals surface area contributed by atoms with Gasteiger partial charge in [-0.3, -0.25) is 9.59 Å². The summed E-state index contributed by atoms with van der Waals surface area (Å²) in [5, 5.41) is 2.69. The number of carbonyl (C=O) groups excluding carboxylic acids is 3. The van der Waals surface area contributed by atoms with E-state index in [4.69, 9.17) is 9.72 Å². The second kappa shape index (κ2) is 14.9. The number of imidazole rings is 2. The average Bonchev–Trinajstić information content (AvgIpc) is 3.94. The summed E-state index contributed by atoms with van der Waals surface area (Å²) in [4.78, 5) is 58.8. The Morgan fingerprint density at radius 2 is 1.65 bits per heavy atom. The van der Waals surface area contributed by atoms with Gasteiger partial charge >= 0.3 is 6.09 Å². The summed E-state index contributed by atoms with van der Waals surface area (Å²) >= 11 is 0. The summed E-state index contributed by atoms with van der Waals surface area (Å²) in [5.74, 6) is 8.13. The fraction of sp³-hybridized carbons (Fsp3) is 0.425. The Bertz CT molecular complexity index is 2010. The van der Waals surface area contributed by atoms with Crippen LogP contribution in [0.5, 0.6) is 0 Å². The summed E-state index contributed by atoms with van der Waals surface area (Å²) in [6.07, 6.45) is 4.95. The van der Waals surface area contributed by atoms with Crippen molar-refractivity contribution in [3.05, 3.63) is 83.1 Å². The molecule has 3 N–H and O–H groups in total. The van der Waals surface area contributed by atoms with Crippen LogP contribution in [0.4, 0.5) is 4.79 Å². The number of rotatable bonds is 8. The molecule has 4 heterocycles. The predicted molar refractivity (Wildman–Crippen MR) is 196 cm³/mol. The molecule has 0 bridgehead atoms. The van der Waals surface area contributed by atoms with Crippen molar-refractivity contribution in [3.8, 4) is 23.1 Å². The van der Waals surface area contributed by atoms with E-state index >= 15 is 0 Å². The standard InChI is InChI=1S/C40H47N7O4/c1-23(2)26(6)38(48)47-22-25(5)19-34(47)36-41-21-32(44-36)29-15-12-27(13-16-29)10-11-28-14-17-30-31(20-28)43-37(42-30)33-9-8-18-46(33)39(49)35(24(3)4)45-40(50)51-7/h12-17,19-21,23-24,26,33-35H,8-9,18,22H2,1-7H3,(H,41,44)(H,42,43)(H,45,50)/t26-,33-,34-,35-/m0/s1. The number of fused-ring (bicyclic) bond motifs is 1. The molecule has 2 aliphatic rings. The van der Waals surface area contributed by atoms with E-state index in [9.17, 15) is 14.4 Å². The molecular formula is C40H47N7O4. The topological polar surface area (TPSA) is 136 Å². The van der Waals surface area contributed by atoms with E-state index in [2.05, 4.69) is 59.0 Å². The Morgan fingerprint density at radius 1 is 0.922 bits per heavy atom. The van der Waals surface area contributed by atoms with Crippen LogP contribution in [0.25, 0.3) is 22.3 Å². The minimum atomic E-state index is -0.685. The van der Waals surface area contributed by atoms with Gasteiger partial charge in [-0.25, -0.2) is 14.8 Å². The summed E-state index contributed by atoms with van der Waals surface area (Å²) in [6.45, 7) is 13.2. The van der Waals surface area contributed by atoms with E-state index in [1.165, 1.54) is 7.11 Å². The van der Waals surface area contributed by atoms with Crippen molar-refractivity contribution in [2.75, 3.05) is 20.2 Å². The number of alkyl carbamates (subject to hydrolysis) is 1. The van der Waals surface area contributed by atoms with Crippen molar-refractivity contribution in [2.45, 2.75) is 72.5 Å². The lowest BCUT2D eigenvalue weighted by atomic mass is 9.96. The summed E-state index contributed by atoms with van der Waals surface area (Å²) in [6, 6.07) is 12.8. The van der Waals surface area contributed by atoms with Crippen LogP contribution in [0.1, 0.15) is 89.2 Å².